The summed E-state index contributed by atoms with van der Waals surface area (Å²) >= 11 is 0. The summed E-state index contributed by atoms with van der Waals surface area (Å²) in [5.41, 5.74) is 0. The molecule has 0 aromatic carbocycles. The molecule has 1 amide bonds. The molecule has 1 fully saturated rings. The molecule has 16 heavy (non-hydrogen) atoms. The van der Waals surface area contributed by atoms with Crippen molar-refractivity contribution in [3.8, 4) is 12.3 Å². The minimum Gasteiger partial charge on any atom is -0.480 e. The maximum atomic E-state index is 11.8. The molecule has 0 spiro atoms. The molecule has 0 aromatic rings. The Morgan fingerprint density at radius 3 is 2.88 bits per heavy atom. The first kappa shape index (κ1) is 12.5. The van der Waals surface area contributed by atoms with Crippen LogP contribution in [0.3, 0.4) is 0 Å². The van der Waals surface area contributed by atoms with E-state index in [2.05, 4.69) is 11.2 Å². The fourth-order valence-corrected chi connectivity index (χ4v) is 1.41. The lowest BCUT2D eigenvalue weighted by molar-refractivity contribution is -0.151. The van der Waals surface area contributed by atoms with Crippen LogP contribution in [0.2, 0.25) is 0 Å². The molecule has 88 valence electrons. The van der Waals surface area contributed by atoms with Crippen LogP contribution in [0.4, 0.5) is 0 Å². The third-order valence-corrected chi connectivity index (χ3v) is 2.12. The van der Waals surface area contributed by atoms with Crippen molar-refractivity contribution in [2.45, 2.75) is 6.10 Å². The van der Waals surface area contributed by atoms with Crippen LogP contribution < -0.4 is 5.32 Å². The van der Waals surface area contributed by atoms with Gasteiger partial charge in [-0.25, -0.2) is 0 Å². The summed E-state index contributed by atoms with van der Waals surface area (Å²) in [6.07, 6.45) is 4.44. The van der Waals surface area contributed by atoms with E-state index >= 15 is 0 Å². The van der Waals surface area contributed by atoms with Gasteiger partial charge in [0.1, 0.15) is 12.6 Å². The highest BCUT2D eigenvalue weighted by Crippen LogP contribution is 2.02. The van der Waals surface area contributed by atoms with E-state index in [1.54, 1.807) is 0 Å². The van der Waals surface area contributed by atoms with Crippen molar-refractivity contribution in [2.75, 3.05) is 32.8 Å². The van der Waals surface area contributed by atoms with Gasteiger partial charge in [0, 0.05) is 13.1 Å². The second kappa shape index (κ2) is 6.10. The summed E-state index contributed by atoms with van der Waals surface area (Å²) in [7, 11) is 0. The second-order valence-electron chi connectivity index (χ2n) is 3.36. The van der Waals surface area contributed by atoms with E-state index in [-0.39, 0.29) is 12.5 Å². The molecule has 6 nitrogen and oxygen atoms in total. The van der Waals surface area contributed by atoms with E-state index in [4.69, 9.17) is 16.3 Å². The van der Waals surface area contributed by atoms with Gasteiger partial charge in [0.15, 0.2) is 0 Å². The topological polar surface area (TPSA) is 78.9 Å². The molecule has 1 aliphatic heterocycles. The molecule has 1 heterocycles. The lowest BCUT2D eigenvalue weighted by Crippen LogP contribution is -2.50. The number of terminal acetylenes is 1. The van der Waals surface area contributed by atoms with E-state index in [0.29, 0.717) is 19.7 Å². The van der Waals surface area contributed by atoms with E-state index in [1.165, 1.54) is 0 Å². The number of hydrogen-bond donors (Lipinski definition) is 2. The van der Waals surface area contributed by atoms with Crippen molar-refractivity contribution in [3.63, 3.8) is 0 Å². The Kier molecular flexibility index (Phi) is 4.76. The SMILES string of the molecule is C#CCN(CC(=O)O)C(=O)C1CNCCO1. The number of amides is 1. The summed E-state index contributed by atoms with van der Waals surface area (Å²) in [6.45, 7) is 1.10. The lowest BCUT2D eigenvalue weighted by atomic mass is 10.2. The average molecular weight is 226 g/mol. The van der Waals surface area contributed by atoms with Crippen molar-refractivity contribution >= 4 is 11.9 Å². The minimum atomic E-state index is -1.09. The quantitative estimate of drug-likeness (QED) is 0.572. The number of hydrogen-bond acceptors (Lipinski definition) is 4. The Hall–Kier alpha value is -1.58. The lowest BCUT2D eigenvalue weighted by Gasteiger charge is -2.27. The molecule has 0 saturated carbocycles. The first-order chi connectivity index (χ1) is 7.65. The van der Waals surface area contributed by atoms with Crippen molar-refractivity contribution in [1.82, 2.24) is 10.2 Å². The van der Waals surface area contributed by atoms with Gasteiger partial charge in [-0.15, -0.1) is 6.42 Å². The van der Waals surface area contributed by atoms with E-state index < -0.39 is 18.6 Å². The number of carboxylic acids is 1. The van der Waals surface area contributed by atoms with Gasteiger partial charge in [0.25, 0.3) is 5.91 Å². The van der Waals surface area contributed by atoms with E-state index in [1.807, 2.05) is 0 Å². The first-order valence-electron chi connectivity index (χ1n) is 4.91. The molecule has 6 heteroatoms. The Morgan fingerprint density at radius 2 is 2.38 bits per heavy atom. The second-order valence-corrected chi connectivity index (χ2v) is 3.36. The number of carboxylic acid groups (broad SMARTS) is 1. The van der Waals surface area contributed by atoms with Crippen molar-refractivity contribution in [1.29, 1.82) is 0 Å². The van der Waals surface area contributed by atoms with Gasteiger partial charge in [0.05, 0.1) is 13.2 Å². The van der Waals surface area contributed by atoms with E-state index in [9.17, 15) is 9.59 Å². The van der Waals surface area contributed by atoms with Crippen LogP contribution >= 0.6 is 0 Å². The zero-order chi connectivity index (χ0) is 12.0. The maximum absolute atomic E-state index is 11.8. The minimum absolute atomic E-state index is 0.0228. The molecule has 1 saturated heterocycles. The molecule has 0 aliphatic carbocycles. The Bertz CT molecular complexity index is 304. The highest BCUT2D eigenvalue weighted by molar-refractivity contribution is 5.85. The number of carbonyl (C=O) groups excluding carboxylic acids is 1. The Labute approximate surface area is 93.6 Å². The molecule has 1 rings (SSSR count). The van der Waals surface area contributed by atoms with E-state index in [0.717, 1.165) is 4.90 Å². The number of carbonyl (C=O) groups is 2. The Balaban J connectivity index is 2.58. The van der Waals surface area contributed by atoms with Gasteiger partial charge >= 0.3 is 5.97 Å². The number of nitrogens with zero attached hydrogens (tertiary/aromatic N) is 1. The van der Waals surface area contributed by atoms with Crippen molar-refractivity contribution in [3.05, 3.63) is 0 Å². The Morgan fingerprint density at radius 1 is 1.62 bits per heavy atom. The molecule has 0 radical (unpaired) electrons. The summed E-state index contributed by atoms with van der Waals surface area (Å²) in [6, 6.07) is 0. The zero-order valence-electron chi connectivity index (χ0n) is 8.81. The molecular formula is C10H14N2O4. The van der Waals surface area contributed by atoms with Gasteiger partial charge in [-0.2, -0.15) is 0 Å². The van der Waals surface area contributed by atoms with Crippen LogP contribution in [0, 0.1) is 12.3 Å². The van der Waals surface area contributed by atoms with Crippen LogP contribution in [0.5, 0.6) is 0 Å². The number of nitrogens with one attached hydrogen (secondary N) is 1. The number of morpholine rings is 1. The maximum Gasteiger partial charge on any atom is 0.323 e. The highest BCUT2D eigenvalue weighted by atomic mass is 16.5. The third kappa shape index (κ3) is 3.53. The molecule has 0 bridgehead atoms. The molecule has 1 unspecified atom stereocenters. The fraction of sp³-hybridized carbons (Fsp3) is 0.600. The predicted molar refractivity (Wildman–Crippen MR) is 55.7 cm³/mol. The molecule has 0 aromatic heterocycles. The van der Waals surface area contributed by atoms with Crippen LogP contribution in [0.15, 0.2) is 0 Å². The zero-order valence-corrected chi connectivity index (χ0v) is 8.81. The van der Waals surface area contributed by atoms with Gasteiger partial charge in [-0.05, 0) is 0 Å². The normalized spacial score (nSPS) is 19.8. The number of rotatable bonds is 4. The van der Waals surface area contributed by atoms with Crippen molar-refractivity contribution in [2.24, 2.45) is 0 Å². The van der Waals surface area contributed by atoms with Gasteiger partial charge in [0.2, 0.25) is 0 Å². The smallest absolute Gasteiger partial charge is 0.323 e. The average Bonchev–Trinajstić information content (AvgIpc) is 2.28. The molecule has 1 atom stereocenters. The predicted octanol–water partition coefficient (Wildman–Crippen LogP) is -1.48. The number of aliphatic carboxylic acids is 1. The van der Waals surface area contributed by atoms with Crippen LogP contribution in [0.25, 0.3) is 0 Å². The summed E-state index contributed by atoms with van der Waals surface area (Å²) in [5, 5.41) is 11.6. The standard InChI is InChI=1S/C10H14N2O4/c1-2-4-12(7-9(13)14)10(15)8-6-11-3-5-16-8/h1,8,11H,3-7H2,(H,13,14). The molecular weight excluding hydrogens is 212 g/mol. The summed E-state index contributed by atoms with van der Waals surface area (Å²) < 4.78 is 5.23. The largest absolute Gasteiger partial charge is 0.480 e. The summed E-state index contributed by atoms with van der Waals surface area (Å²) in [4.78, 5) is 23.5. The monoisotopic (exact) mass is 226 g/mol. The number of ether oxygens (including phenoxy) is 1. The van der Waals surface area contributed by atoms with Crippen molar-refractivity contribution < 1.29 is 19.4 Å². The van der Waals surface area contributed by atoms with Crippen LogP contribution in [0.1, 0.15) is 0 Å². The van der Waals surface area contributed by atoms with Crippen LogP contribution in [-0.4, -0.2) is 60.8 Å². The molecule has 1 aliphatic rings. The van der Waals surface area contributed by atoms with Gasteiger partial charge in [-0.3, -0.25) is 9.59 Å². The van der Waals surface area contributed by atoms with Crippen LogP contribution in [-0.2, 0) is 14.3 Å². The fourth-order valence-electron chi connectivity index (χ4n) is 1.41. The highest BCUT2D eigenvalue weighted by Gasteiger charge is 2.27. The molecule has 2 N–H and O–H groups in total. The summed E-state index contributed by atoms with van der Waals surface area (Å²) in [5.74, 6) is 0.787. The first-order valence-corrected chi connectivity index (χ1v) is 4.91. The third-order valence-electron chi connectivity index (χ3n) is 2.12. The van der Waals surface area contributed by atoms with Gasteiger partial charge < -0.3 is 20.1 Å². The van der Waals surface area contributed by atoms with Gasteiger partial charge in [-0.1, -0.05) is 5.92 Å².